The molecule has 0 aliphatic carbocycles. The van der Waals surface area contributed by atoms with Crippen molar-refractivity contribution in [1.82, 2.24) is 0 Å². The molecule has 0 aliphatic heterocycles. The Morgan fingerprint density at radius 1 is 1.18 bits per heavy atom. The van der Waals surface area contributed by atoms with Gasteiger partial charge in [-0.1, -0.05) is 32.0 Å². The molecular formula is C15H18O2. The fourth-order valence-corrected chi connectivity index (χ4v) is 1.83. The first-order valence-electron chi connectivity index (χ1n) is 6.11. The van der Waals surface area contributed by atoms with Crippen LogP contribution in [0.15, 0.2) is 40.8 Å². The Hall–Kier alpha value is -1.54. The Morgan fingerprint density at radius 3 is 2.71 bits per heavy atom. The summed E-state index contributed by atoms with van der Waals surface area (Å²) >= 11 is 0. The van der Waals surface area contributed by atoms with Crippen molar-refractivity contribution in [3.8, 4) is 11.3 Å². The molecule has 2 aromatic rings. The van der Waals surface area contributed by atoms with Crippen LogP contribution in [0.3, 0.4) is 0 Å². The molecular weight excluding hydrogens is 212 g/mol. The molecule has 0 saturated heterocycles. The van der Waals surface area contributed by atoms with Crippen LogP contribution in [0.5, 0.6) is 0 Å². The summed E-state index contributed by atoms with van der Waals surface area (Å²) in [7, 11) is 0. The maximum absolute atomic E-state index is 9.70. The highest BCUT2D eigenvalue weighted by Gasteiger charge is 2.11. The van der Waals surface area contributed by atoms with Crippen LogP contribution in [0, 0.1) is 0 Å². The zero-order chi connectivity index (χ0) is 12.3. The van der Waals surface area contributed by atoms with Crippen molar-refractivity contribution in [2.75, 3.05) is 0 Å². The van der Waals surface area contributed by atoms with Gasteiger partial charge in [0.05, 0.1) is 0 Å². The number of hydrogen-bond acceptors (Lipinski definition) is 2. The number of furan rings is 1. The van der Waals surface area contributed by atoms with Crippen LogP contribution < -0.4 is 0 Å². The summed E-state index contributed by atoms with van der Waals surface area (Å²) in [6.45, 7) is 4.07. The van der Waals surface area contributed by atoms with E-state index in [0.717, 1.165) is 17.7 Å². The fourth-order valence-electron chi connectivity index (χ4n) is 1.83. The molecule has 1 aromatic carbocycles. The highest BCUT2D eigenvalue weighted by atomic mass is 16.4. The lowest BCUT2D eigenvalue weighted by Gasteiger charge is -2.03. The molecule has 1 heterocycles. The van der Waals surface area contributed by atoms with Gasteiger partial charge in [0, 0.05) is 5.56 Å². The van der Waals surface area contributed by atoms with E-state index in [0.29, 0.717) is 12.2 Å². The van der Waals surface area contributed by atoms with Gasteiger partial charge < -0.3 is 9.52 Å². The first kappa shape index (κ1) is 11.9. The fraction of sp³-hybridized carbons (Fsp3) is 0.333. The first-order chi connectivity index (χ1) is 8.24. The normalized spacial score (nSPS) is 12.6. The Kier molecular flexibility index (Phi) is 3.64. The summed E-state index contributed by atoms with van der Waals surface area (Å²) in [6.07, 6.45) is 1.18. The quantitative estimate of drug-likeness (QED) is 0.862. The predicted molar refractivity (Wildman–Crippen MR) is 68.8 cm³/mol. The Labute approximate surface area is 102 Å². The molecule has 0 saturated carbocycles. The third-order valence-corrected chi connectivity index (χ3v) is 2.96. The summed E-state index contributed by atoms with van der Waals surface area (Å²) in [6, 6.07) is 12.1. The molecule has 0 bridgehead atoms. The molecule has 0 amide bonds. The molecule has 1 atom stereocenters. The van der Waals surface area contributed by atoms with Crippen molar-refractivity contribution in [3.63, 3.8) is 0 Å². The van der Waals surface area contributed by atoms with Crippen molar-refractivity contribution in [2.24, 2.45) is 0 Å². The molecule has 1 unspecified atom stereocenters. The van der Waals surface area contributed by atoms with Gasteiger partial charge in [-0.25, -0.2) is 0 Å². The second kappa shape index (κ2) is 5.19. The Balaban J connectivity index is 2.30. The molecule has 1 N–H and O–H groups in total. The smallest absolute Gasteiger partial charge is 0.134 e. The SMILES string of the molecule is CCc1cccc(-c2ccc(C(O)CC)o2)c1. The minimum atomic E-state index is -0.502. The van der Waals surface area contributed by atoms with Crippen LogP contribution in [0.1, 0.15) is 37.7 Å². The van der Waals surface area contributed by atoms with Gasteiger partial charge in [0.25, 0.3) is 0 Å². The summed E-state index contributed by atoms with van der Waals surface area (Å²) in [5.74, 6) is 1.47. The van der Waals surface area contributed by atoms with Gasteiger partial charge >= 0.3 is 0 Å². The molecule has 2 heteroatoms. The van der Waals surface area contributed by atoms with Crippen LogP contribution in [0.25, 0.3) is 11.3 Å². The lowest BCUT2D eigenvalue weighted by molar-refractivity contribution is 0.147. The van der Waals surface area contributed by atoms with Gasteiger partial charge in [0.15, 0.2) is 0 Å². The summed E-state index contributed by atoms with van der Waals surface area (Å²) in [5, 5.41) is 9.70. The minimum Gasteiger partial charge on any atom is -0.458 e. The third-order valence-electron chi connectivity index (χ3n) is 2.96. The predicted octanol–water partition coefficient (Wildman–Crippen LogP) is 3.95. The van der Waals surface area contributed by atoms with Gasteiger partial charge in [0.1, 0.15) is 17.6 Å². The van der Waals surface area contributed by atoms with Crippen LogP contribution >= 0.6 is 0 Å². The molecule has 17 heavy (non-hydrogen) atoms. The number of benzene rings is 1. The van der Waals surface area contributed by atoms with E-state index < -0.39 is 6.10 Å². The van der Waals surface area contributed by atoms with Crippen LogP contribution in [-0.4, -0.2) is 5.11 Å². The van der Waals surface area contributed by atoms with Crippen LogP contribution in [0.2, 0.25) is 0 Å². The largest absolute Gasteiger partial charge is 0.458 e. The molecule has 0 aliphatic rings. The monoisotopic (exact) mass is 230 g/mol. The van der Waals surface area contributed by atoms with Crippen molar-refractivity contribution < 1.29 is 9.52 Å². The van der Waals surface area contributed by atoms with E-state index in [-0.39, 0.29) is 0 Å². The van der Waals surface area contributed by atoms with Crippen molar-refractivity contribution in [2.45, 2.75) is 32.8 Å². The van der Waals surface area contributed by atoms with Gasteiger partial charge in [-0.05, 0) is 36.6 Å². The van der Waals surface area contributed by atoms with Crippen molar-refractivity contribution in [3.05, 3.63) is 47.7 Å². The third kappa shape index (κ3) is 2.59. The number of aryl methyl sites for hydroxylation is 1. The molecule has 90 valence electrons. The average molecular weight is 230 g/mol. The van der Waals surface area contributed by atoms with Crippen molar-refractivity contribution >= 4 is 0 Å². The summed E-state index contributed by atoms with van der Waals surface area (Å²) in [5.41, 5.74) is 2.36. The topological polar surface area (TPSA) is 33.4 Å². The molecule has 0 radical (unpaired) electrons. The van der Waals surface area contributed by atoms with E-state index in [1.54, 1.807) is 0 Å². The van der Waals surface area contributed by atoms with E-state index in [9.17, 15) is 5.11 Å². The minimum absolute atomic E-state index is 0.502. The second-order valence-electron chi connectivity index (χ2n) is 4.18. The first-order valence-corrected chi connectivity index (χ1v) is 6.11. The number of aliphatic hydroxyl groups is 1. The molecule has 1 aromatic heterocycles. The summed E-state index contributed by atoms with van der Waals surface area (Å²) < 4.78 is 5.67. The number of hydrogen-bond donors (Lipinski definition) is 1. The molecule has 0 fully saturated rings. The highest BCUT2D eigenvalue weighted by Crippen LogP contribution is 2.27. The number of aliphatic hydroxyl groups excluding tert-OH is 1. The number of rotatable bonds is 4. The van der Waals surface area contributed by atoms with E-state index >= 15 is 0 Å². The van der Waals surface area contributed by atoms with Crippen LogP contribution in [0.4, 0.5) is 0 Å². The molecule has 2 nitrogen and oxygen atoms in total. The Bertz CT molecular complexity index is 485. The maximum Gasteiger partial charge on any atom is 0.134 e. The lowest BCUT2D eigenvalue weighted by Crippen LogP contribution is -1.91. The van der Waals surface area contributed by atoms with E-state index in [1.165, 1.54) is 5.56 Å². The Morgan fingerprint density at radius 2 is 2.00 bits per heavy atom. The zero-order valence-electron chi connectivity index (χ0n) is 10.3. The lowest BCUT2D eigenvalue weighted by atomic mass is 10.1. The van der Waals surface area contributed by atoms with E-state index in [1.807, 2.05) is 31.2 Å². The van der Waals surface area contributed by atoms with Gasteiger partial charge in [-0.15, -0.1) is 0 Å². The van der Waals surface area contributed by atoms with E-state index in [2.05, 4.69) is 19.1 Å². The molecule has 0 spiro atoms. The average Bonchev–Trinajstić information content (AvgIpc) is 2.87. The standard InChI is InChI=1S/C15H18O2/c1-3-11-6-5-7-12(10-11)14-8-9-15(17-14)13(16)4-2/h5-10,13,16H,3-4H2,1-2H3. The second-order valence-corrected chi connectivity index (χ2v) is 4.18. The van der Waals surface area contributed by atoms with Gasteiger partial charge in [-0.3, -0.25) is 0 Å². The van der Waals surface area contributed by atoms with E-state index in [4.69, 9.17) is 4.42 Å². The zero-order valence-corrected chi connectivity index (χ0v) is 10.3. The maximum atomic E-state index is 9.70. The van der Waals surface area contributed by atoms with Crippen molar-refractivity contribution in [1.29, 1.82) is 0 Å². The van der Waals surface area contributed by atoms with Gasteiger partial charge in [0.2, 0.25) is 0 Å². The summed E-state index contributed by atoms with van der Waals surface area (Å²) in [4.78, 5) is 0. The molecule has 2 rings (SSSR count). The van der Waals surface area contributed by atoms with Gasteiger partial charge in [-0.2, -0.15) is 0 Å². The highest BCUT2D eigenvalue weighted by molar-refractivity contribution is 5.58. The van der Waals surface area contributed by atoms with Crippen LogP contribution in [-0.2, 0) is 6.42 Å².